The highest BCUT2D eigenvalue weighted by molar-refractivity contribution is 7.92. The van der Waals surface area contributed by atoms with Crippen molar-refractivity contribution < 1.29 is 26.7 Å². The lowest BCUT2D eigenvalue weighted by molar-refractivity contribution is 0.0696. The van der Waals surface area contributed by atoms with E-state index < -0.39 is 25.6 Å². The standard InChI is InChI=1S/C12H16O6S2/c1-2-19(15,16)8-3-9-20(17,18)11-6-4-10(5-7-11)12(13)14/h4-7H,2-3,8-9H2,1H3,(H,13,14). The molecule has 0 atom stereocenters. The highest BCUT2D eigenvalue weighted by Crippen LogP contribution is 2.14. The molecule has 20 heavy (non-hydrogen) atoms. The van der Waals surface area contributed by atoms with Gasteiger partial charge in [-0.3, -0.25) is 0 Å². The van der Waals surface area contributed by atoms with E-state index in [9.17, 15) is 21.6 Å². The highest BCUT2D eigenvalue weighted by Gasteiger charge is 2.17. The van der Waals surface area contributed by atoms with Gasteiger partial charge in [0, 0.05) is 5.75 Å². The zero-order valence-electron chi connectivity index (χ0n) is 10.9. The number of hydrogen-bond acceptors (Lipinski definition) is 5. The van der Waals surface area contributed by atoms with E-state index >= 15 is 0 Å². The summed E-state index contributed by atoms with van der Waals surface area (Å²) in [6, 6.07) is 4.84. The number of aromatic carboxylic acids is 1. The summed E-state index contributed by atoms with van der Waals surface area (Å²) >= 11 is 0. The van der Waals surface area contributed by atoms with E-state index in [2.05, 4.69) is 0 Å². The monoisotopic (exact) mass is 320 g/mol. The number of rotatable bonds is 7. The third kappa shape index (κ3) is 4.61. The highest BCUT2D eigenvalue weighted by atomic mass is 32.2. The topological polar surface area (TPSA) is 106 Å². The molecule has 0 bridgehead atoms. The Morgan fingerprint density at radius 3 is 2.05 bits per heavy atom. The van der Waals surface area contributed by atoms with Gasteiger partial charge in [0.25, 0.3) is 0 Å². The minimum Gasteiger partial charge on any atom is -0.478 e. The molecule has 112 valence electrons. The second kappa shape index (κ2) is 6.36. The molecule has 0 aliphatic heterocycles. The van der Waals surface area contributed by atoms with E-state index in [1.165, 1.54) is 31.2 Å². The number of sulfone groups is 2. The van der Waals surface area contributed by atoms with Crippen LogP contribution in [-0.4, -0.2) is 45.2 Å². The summed E-state index contributed by atoms with van der Waals surface area (Å²) in [4.78, 5) is 10.7. The molecule has 0 amide bonds. The van der Waals surface area contributed by atoms with Gasteiger partial charge < -0.3 is 5.11 Å². The predicted octanol–water partition coefficient (Wildman–Crippen LogP) is 0.983. The Bertz CT molecular complexity index is 671. The van der Waals surface area contributed by atoms with Gasteiger partial charge in [0.05, 0.1) is 22.0 Å². The van der Waals surface area contributed by atoms with Crippen LogP contribution in [0.1, 0.15) is 23.7 Å². The van der Waals surface area contributed by atoms with Gasteiger partial charge in [-0.15, -0.1) is 0 Å². The molecule has 0 saturated heterocycles. The second-order valence-corrected chi connectivity index (χ2v) is 8.82. The maximum absolute atomic E-state index is 11.9. The lowest BCUT2D eigenvalue weighted by Gasteiger charge is -2.05. The Labute approximate surface area is 118 Å². The Kier molecular flexibility index (Phi) is 5.29. The summed E-state index contributed by atoms with van der Waals surface area (Å²) in [5, 5.41) is 8.72. The Balaban J connectivity index is 2.77. The van der Waals surface area contributed by atoms with Gasteiger partial charge in [-0.05, 0) is 30.7 Å². The van der Waals surface area contributed by atoms with E-state index in [4.69, 9.17) is 5.11 Å². The van der Waals surface area contributed by atoms with Crippen molar-refractivity contribution >= 4 is 25.6 Å². The van der Waals surface area contributed by atoms with Crippen LogP contribution < -0.4 is 0 Å². The summed E-state index contributed by atoms with van der Waals surface area (Å²) < 4.78 is 46.5. The molecule has 0 saturated carbocycles. The molecule has 1 aromatic carbocycles. The molecule has 0 heterocycles. The summed E-state index contributed by atoms with van der Waals surface area (Å²) in [6.45, 7) is 1.51. The fourth-order valence-corrected chi connectivity index (χ4v) is 3.90. The molecular formula is C12H16O6S2. The van der Waals surface area contributed by atoms with Crippen molar-refractivity contribution in [3.05, 3.63) is 29.8 Å². The molecule has 0 spiro atoms. The van der Waals surface area contributed by atoms with Crippen molar-refractivity contribution in [1.82, 2.24) is 0 Å². The van der Waals surface area contributed by atoms with Gasteiger partial charge in [0.1, 0.15) is 9.84 Å². The zero-order chi connectivity index (χ0) is 15.4. The van der Waals surface area contributed by atoms with Crippen LogP contribution in [0.2, 0.25) is 0 Å². The Morgan fingerprint density at radius 2 is 1.60 bits per heavy atom. The predicted molar refractivity (Wildman–Crippen MR) is 74.4 cm³/mol. The number of carboxylic acids is 1. The summed E-state index contributed by atoms with van der Waals surface area (Å²) in [5.41, 5.74) is -0.00230. The zero-order valence-corrected chi connectivity index (χ0v) is 12.6. The van der Waals surface area contributed by atoms with Crippen LogP contribution in [0.4, 0.5) is 0 Å². The molecule has 6 nitrogen and oxygen atoms in total. The van der Waals surface area contributed by atoms with Crippen molar-refractivity contribution in [3.8, 4) is 0 Å². The van der Waals surface area contributed by atoms with E-state index in [-0.39, 0.29) is 34.1 Å². The third-order valence-corrected chi connectivity index (χ3v) is 6.38. The van der Waals surface area contributed by atoms with Gasteiger partial charge in [0.2, 0.25) is 0 Å². The molecule has 0 aliphatic carbocycles. The lowest BCUT2D eigenvalue weighted by Crippen LogP contribution is -2.14. The van der Waals surface area contributed by atoms with Gasteiger partial charge in [-0.2, -0.15) is 0 Å². The molecule has 1 N–H and O–H groups in total. The molecule has 0 aliphatic rings. The van der Waals surface area contributed by atoms with Gasteiger partial charge in [-0.25, -0.2) is 21.6 Å². The molecular weight excluding hydrogens is 304 g/mol. The molecule has 8 heteroatoms. The molecule has 0 fully saturated rings. The molecule has 0 unspecified atom stereocenters. The number of carboxylic acid groups (broad SMARTS) is 1. The molecule has 1 aromatic rings. The first-order valence-corrected chi connectivity index (χ1v) is 9.42. The second-order valence-electron chi connectivity index (χ2n) is 4.24. The van der Waals surface area contributed by atoms with Crippen LogP contribution in [0.5, 0.6) is 0 Å². The largest absolute Gasteiger partial charge is 0.478 e. The van der Waals surface area contributed by atoms with E-state index in [1.807, 2.05) is 0 Å². The number of carbonyl (C=O) groups is 1. The van der Waals surface area contributed by atoms with E-state index in [0.29, 0.717) is 0 Å². The minimum atomic E-state index is -3.59. The third-order valence-electron chi connectivity index (χ3n) is 2.77. The quantitative estimate of drug-likeness (QED) is 0.803. The summed E-state index contributed by atoms with van der Waals surface area (Å²) in [7, 11) is -6.77. The van der Waals surface area contributed by atoms with Crippen LogP contribution in [0.15, 0.2) is 29.2 Å². The Hall–Kier alpha value is -1.41. The maximum Gasteiger partial charge on any atom is 0.335 e. The average Bonchev–Trinajstić information content (AvgIpc) is 2.38. The molecule has 1 rings (SSSR count). The van der Waals surface area contributed by atoms with Crippen molar-refractivity contribution in [1.29, 1.82) is 0 Å². The van der Waals surface area contributed by atoms with Crippen LogP contribution in [0, 0.1) is 0 Å². The number of hydrogen-bond donors (Lipinski definition) is 1. The first kappa shape index (κ1) is 16.6. The van der Waals surface area contributed by atoms with Gasteiger partial charge in [0.15, 0.2) is 9.84 Å². The minimum absolute atomic E-state index is 0.00230. The summed E-state index contributed by atoms with van der Waals surface area (Å²) in [5.74, 6) is -1.60. The van der Waals surface area contributed by atoms with Crippen LogP contribution in [0.25, 0.3) is 0 Å². The van der Waals surface area contributed by atoms with Crippen molar-refractivity contribution in [2.24, 2.45) is 0 Å². The van der Waals surface area contributed by atoms with Crippen LogP contribution in [-0.2, 0) is 19.7 Å². The smallest absolute Gasteiger partial charge is 0.335 e. The van der Waals surface area contributed by atoms with Gasteiger partial charge in [-0.1, -0.05) is 6.92 Å². The van der Waals surface area contributed by atoms with Crippen molar-refractivity contribution in [2.75, 3.05) is 17.3 Å². The lowest BCUT2D eigenvalue weighted by atomic mass is 10.2. The van der Waals surface area contributed by atoms with Crippen LogP contribution >= 0.6 is 0 Å². The molecule has 0 radical (unpaired) electrons. The maximum atomic E-state index is 11.9. The fraction of sp³-hybridized carbons (Fsp3) is 0.417. The first-order chi connectivity index (χ1) is 9.18. The Morgan fingerprint density at radius 1 is 1.05 bits per heavy atom. The first-order valence-electron chi connectivity index (χ1n) is 5.94. The summed E-state index contributed by atoms with van der Waals surface area (Å²) in [6.07, 6.45) is 0.0270. The van der Waals surface area contributed by atoms with Gasteiger partial charge >= 0.3 is 5.97 Å². The van der Waals surface area contributed by atoms with E-state index in [0.717, 1.165) is 0 Å². The fourth-order valence-electron chi connectivity index (χ4n) is 1.54. The van der Waals surface area contributed by atoms with E-state index in [1.54, 1.807) is 0 Å². The SMILES string of the molecule is CCS(=O)(=O)CCCS(=O)(=O)c1ccc(C(=O)O)cc1. The average molecular weight is 320 g/mol. The van der Waals surface area contributed by atoms with Crippen LogP contribution in [0.3, 0.4) is 0 Å². The molecule has 0 aromatic heterocycles. The van der Waals surface area contributed by atoms with Crippen molar-refractivity contribution in [2.45, 2.75) is 18.2 Å². The normalized spacial score (nSPS) is 12.2. The van der Waals surface area contributed by atoms with Crippen molar-refractivity contribution in [3.63, 3.8) is 0 Å². The number of benzene rings is 1.